The highest BCUT2D eigenvalue weighted by Crippen LogP contribution is 2.65. The lowest BCUT2D eigenvalue weighted by Gasteiger charge is -2.28. The van der Waals surface area contributed by atoms with Crippen LogP contribution in [0.3, 0.4) is 0 Å². The fourth-order valence-corrected chi connectivity index (χ4v) is 3.19. The van der Waals surface area contributed by atoms with Gasteiger partial charge in [-0.15, -0.1) is 0 Å². The topological polar surface area (TPSA) is 0 Å². The van der Waals surface area contributed by atoms with Gasteiger partial charge in [-0.3, -0.25) is 0 Å². The average Bonchev–Trinajstić information content (AvgIpc) is 2.55. The van der Waals surface area contributed by atoms with Crippen molar-refractivity contribution in [1.29, 1.82) is 0 Å². The molecule has 2 atom stereocenters. The maximum atomic E-state index is 2.57. The van der Waals surface area contributed by atoms with Crippen molar-refractivity contribution in [3.05, 3.63) is 11.6 Å². The summed E-state index contributed by atoms with van der Waals surface area (Å²) in [7, 11) is 0. The van der Waals surface area contributed by atoms with Gasteiger partial charge in [-0.1, -0.05) is 24.5 Å². The van der Waals surface area contributed by atoms with Crippen molar-refractivity contribution < 1.29 is 0 Å². The predicted molar refractivity (Wildman–Crippen MR) is 41.7 cm³/mol. The molecule has 3 rings (SSSR count). The van der Waals surface area contributed by atoms with Crippen LogP contribution in [0.5, 0.6) is 0 Å². The van der Waals surface area contributed by atoms with Crippen molar-refractivity contribution >= 4 is 0 Å². The average molecular weight is 134 g/mol. The molecule has 3 aliphatic carbocycles. The summed E-state index contributed by atoms with van der Waals surface area (Å²) in [6, 6.07) is 0. The van der Waals surface area contributed by atoms with Crippen molar-refractivity contribution in [3.63, 3.8) is 0 Å². The van der Waals surface area contributed by atoms with E-state index in [1.807, 2.05) is 5.57 Å². The molecule has 0 nitrogen and oxygen atoms in total. The van der Waals surface area contributed by atoms with E-state index in [1.54, 1.807) is 0 Å². The van der Waals surface area contributed by atoms with E-state index in [2.05, 4.69) is 6.08 Å². The normalized spacial score (nSPS) is 49.6. The Kier molecular flexibility index (Phi) is 0.805. The van der Waals surface area contributed by atoms with Crippen LogP contribution in [0, 0.1) is 11.3 Å². The zero-order chi connectivity index (χ0) is 6.60. The Labute approximate surface area is 62.3 Å². The highest BCUT2D eigenvalue weighted by atomic mass is 14.6. The third-order valence-electron chi connectivity index (χ3n) is 3.83. The van der Waals surface area contributed by atoms with Gasteiger partial charge in [0, 0.05) is 5.41 Å². The molecule has 0 heterocycles. The lowest BCUT2D eigenvalue weighted by molar-refractivity contribution is 0.256. The fraction of sp³-hybridized carbons (Fsp3) is 0.800. The molecule has 2 saturated carbocycles. The summed E-state index contributed by atoms with van der Waals surface area (Å²) in [5.41, 5.74) is 2.58. The van der Waals surface area contributed by atoms with Gasteiger partial charge in [0.2, 0.25) is 0 Å². The number of hydrogen-bond donors (Lipinski definition) is 0. The fourth-order valence-electron chi connectivity index (χ4n) is 3.19. The van der Waals surface area contributed by atoms with E-state index in [9.17, 15) is 0 Å². The van der Waals surface area contributed by atoms with Crippen LogP contribution in [0.4, 0.5) is 0 Å². The quantitative estimate of drug-likeness (QED) is 0.447. The Bertz CT molecular complexity index is 202. The lowest BCUT2D eigenvalue weighted by atomic mass is 9.76. The first-order valence-electron chi connectivity index (χ1n) is 4.64. The maximum absolute atomic E-state index is 2.57. The minimum absolute atomic E-state index is 0.748. The van der Waals surface area contributed by atoms with Crippen LogP contribution in [-0.2, 0) is 0 Å². The second-order valence-corrected chi connectivity index (χ2v) is 4.19. The van der Waals surface area contributed by atoms with E-state index in [4.69, 9.17) is 0 Å². The number of rotatable bonds is 0. The molecule has 0 amide bonds. The van der Waals surface area contributed by atoms with Crippen LogP contribution in [-0.4, -0.2) is 0 Å². The first-order valence-corrected chi connectivity index (χ1v) is 4.64. The highest BCUT2D eigenvalue weighted by Gasteiger charge is 2.54. The Morgan fingerprint density at radius 1 is 1.30 bits per heavy atom. The van der Waals surface area contributed by atoms with Gasteiger partial charge in [0.1, 0.15) is 0 Å². The van der Waals surface area contributed by atoms with Gasteiger partial charge < -0.3 is 0 Å². The van der Waals surface area contributed by atoms with Gasteiger partial charge in [-0.2, -0.15) is 0 Å². The van der Waals surface area contributed by atoms with E-state index >= 15 is 0 Å². The van der Waals surface area contributed by atoms with Crippen molar-refractivity contribution in [2.75, 3.05) is 0 Å². The zero-order valence-corrected chi connectivity index (χ0v) is 6.40. The minimum atomic E-state index is 0.748. The Hall–Kier alpha value is -0.260. The molecule has 2 fully saturated rings. The molecule has 0 N–H and O–H groups in total. The first-order chi connectivity index (χ1) is 4.92. The zero-order valence-electron chi connectivity index (χ0n) is 6.40. The Morgan fingerprint density at radius 3 is 3.10 bits per heavy atom. The molecule has 0 aliphatic heterocycles. The van der Waals surface area contributed by atoms with Crippen LogP contribution in [0.15, 0.2) is 11.6 Å². The second-order valence-electron chi connectivity index (χ2n) is 4.19. The van der Waals surface area contributed by atoms with Crippen LogP contribution in [0.2, 0.25) is 0 Å². The summed E-state index contributed by atoms with van der Waals surface area (Å²) >= 11 is 0. The summed E-state index contributed by atoms with van der Waals surface area (Å²) < 4.78 is 0. The monoisotopic (exact) mass is 134 g/mol. The molecule has 0 bridgehead atoms. The van der Waals surface area contributed by atoms with E-state index in [1.165, 1.54) is 38.5 Å². The smallest absolute Gasteiger partial charge is 0.0122 e. The van der Waals surface area contributed by atoms with Crippen LogP contribution < -0.4 is 0 Å². The van der Waals surface area contributed by atoms with Crippen LogP contribution in [0.25, 0.3) is 0 Å². The summed E-state index contributed by atoms with van der Waals surface area (Å²) in [5.74, 6) is 1.09. The summed E-state index contributed by atoms with van der Waals surface area (Å²) in [4.78, 5) is 0. The van der Waals surface area contributed by atoms with Gasteiger partial charge in [-0.05, 0) is 31.6 Å². The van der Waals surface area contributed by atoms with E-state index in [-0.39, 0.29) is 0 Å². The Balaban J connectivity index is 1.92. The third kappa shape index (κ3) is 0.457. The molecule has 1 spiro atoms. The van der Waals surface area contributed by atoms with Crippen molar-refractivity contribution in [1.82, 2.24) is 0 Å². The van der Waals surface area contributed by atoms with Gasteiger partial charge in [0.05, 0.1) is 0 Å². The minimum Gasteiger partial charge on any atom is -0.0739 e. The van der Waals surface area contributed by atoms with Gasteiger partial charge in [0.25, 0.3) is 0 Å². The second kappa shape index (κ2) is 1.49. The first kappa shape index (κ1) is 5.40. The predicted octanol–water partition coefficient (Wildman–Crippen LogP) is 2.90. The molecule has 10 heavy (non-hydrogen) atoms. The van der Waals surface area contributed by atoms with E-state index in [0.29, 0.717) is 0 Å². The molecule has 0 radical (unpaired) electrons. The van der Waals surface area contributed by atoms with Gasteiger partial charge in [0.15, 0.2) is 0 Å². The molecule has 54 valence electrons. The molecule has 2 unspecified atom stereocenters. The summed E-state index contributed by atoms with van der Waals surface area (Å²) in [6.07, 6.45) is 11.6. The molecule has 0 aromatic rings. The van der Waals surface area contributed by atoms with Gasteiger partial charge >= 0.3 is 0 Å². The largest absolute Gasteiger partial charge is 0.0739 e. The third-order valence-corrected chi connectivity index (χ3v) is 3.83. The Morgan fingerprint density at radius 2 is 2.30 bits per heavy atom. The van der Waals surface area contributed by atoms with Crippen molar-refractivity contribution in [3.8, 4) is 0 Å². The van der Waals surface area contributed by atoms with Crippen LogP contribution >= 0.6 is 0 Å². The lowest BCUT2D eigenvalue weighted by Crippen LogP contribution is -2.18. The summed E-state index contributed by atoms with van der Waals surface area (Å²) in [5, 5.41) is 0. The molecule has 0 aromatic carbocycles. The number of allylic oxidation sites excluding steroid dienone is 2. The standard InChI is InChI=1S/C10H14/c1-2-6-10-7-9(10)5-4-8(10)3-1/h7-8H,1-6H2. The molecule has 0 heteroatoms. The van der Waals surface area contributed by atoms with Gasteiger partial charge in [-0.25, -0.2) is 0 Å². The van der Waals surface area contributed by atoms with Crippen molar-refractivity contribution in [2.45, 2.75) is 38.5 Å². The molecule has 0 saturated heterocycles. The van der Waals surface area contributed by atoms with Crippen LogP contribution in [0.1, 0.15) is 38.5 Å². The highest BCUT2D eigenvalue weighted by molar-refractivity contribution is 5.44. The number of hydrogen-bond acceptors (Lipinski definition) is 0. The molecular formula is C10H14. The van der Waals surface area contributed by atoms with E-state index in [0.717, 1.165) is 11.3 Å². The SMILES string of the molecule is C1=C2CCC3CCCCC123. The maximum Gasteiger partial charge on any atom is 0.0122 e. The van der Waals surface area contributed by atoms with Crippen molar-refractivity contribution in [2.24, 2.45) is 11.3 Å². The molecule has 3 aliphatic rings. The molecular weight excluding hydrogens is 120 g/mol. The summed E-state index contributed by atoms with van der Waals surface area (Å²) in [6.45, 7) is 0. The van der Waals surface area contributed by atoms with E-state index < -0.39 is 0 Å². The molecule has 0 aromatic heterocycles.